The van der Waals surface area contributed by atoms with Crippen LogP contribution >= 0.6 is 11.6 Å². The quantitative estimate of drug-likeness (QED) is 0.731. The van der Waals surface area contributed by atoms with Crippen LogP contribution < -0.4 is 10.5 Å². The Morgan fingerprint density at radius 3 is 2.81 bits per heavy atom. The van der Waals surface area contributed by atoms with Gasteiger partial charge < -0.3 is 10.5 Å². The molecule has 4 heteroatoms. The van der Waals surface area contributed by atoms with Crippen molar-refractivity contribution in [3.63, 3.8) is 0 Å². The van der Waals surface area contributed by atoms with Crippen molar-refractivity contribution < 1.29 is 4.74 Å². The zero-order valence-electron chi connectivity index (χ0n) is 11.6. The average molecular weight is 299 g/mol. The number of hydrogen-bond donors (Lipinski definition) is 1. The molecular weight excluding hydrogens is 284 g/mol. The van der Waals surface area contributed by atoms with E-state index in [1.54, 1.807) is 6.07 Å². The van der Waals surface area contributed by atoms with Crippen molar-refractivity contribution in [3.05, 3.63) is 64.8 Å². The van der Waals surface area contributed by atoms with E-state index in [9.17, 15) is 0 Å². The number of rotatable bonds is 3. The molecule has 0 aliphatic rings. The maximum atomic E-state index is 6.16. The summed E-state index contributed by atoms with van der Waals surface area (Å²) in [6.07, 6.45) is 0. The number of aryl methyl sites for hydroxylation is 1. The Labute approximate surface area is 128 Å². The smallest absolute Gasteiger partial charge is 0.146 e. The summed E-state index contributed by atoms with van der Waals surface area (Å²) in [7, 11) is 0. The summed E-state index contributed by atoms with van der Waals surface area (Å²) in [6, 6.07) is 15.3. The lowest BCUT2D eigenvalue weighted by Crippen LogP contribution is -1.98. The Kier molecular flexibility index (Phi) is 3.67. The number of aromatic nitrogens is 1. The topological polar surface area (TPSA) is 48.1 Å². The molecule has 2 aromatic carbocycles. The highest BCUT2D eigenvalue weighted by Gasteiger charge is 2.06. The Bertz CT molecular complexity index is 802. The number of benzene rings is 2. The minimum atomic E-state index is 0.383. The maximum Gasteiger partial charge on any atom is 0.146 e. The van der Waals surface area contributed by atoms with Gasteiger partial charge in [0.25, 0.3) is 0 Å². The fourth-order valence-electron chi connectivity index (χ4n) is 2.17. The Morgan fingerprint density at radius 2 is 2.00 bits per heavy atom. The van der Waals surface area contributed by atoms with Gasteiger partial charge in [-0.1, -0.05) is 35.9 Å². The molecule has 3 rings (SSSR count). The maximum absolute atomic E-state index is 6.16. The standard InChI is InChI=1S/C17H15ClN2O/c1-11-5-6-12-3-2-4-16(17(12)20-11)21-10-13-7-8-14(19)9-15(13)18/h2-9H,10,19H2,1H3. The zero-order chi connectivity index (χ0) is 14.8. The van der Waals surface area contributed by atoms with Crippen LogP contribution in [0.1, 0.15) is 11.3 Å². The van der Waals surface area contributed by atoms with Gasteiger partial charge in [-0.15, -0.1) is 0 Å². The van der Waals surface area contributed by atoms with Crippen LogP contribution in [0.4, 0.5) is 5.69 Å². The summed E-state index contributed by atoms with van der Waals surface area (Å²) >= 11 is 6.16. The second-order valence-electron chi connectivity index (χ2n) is 4.92. The summed E-state index contributed by atoms with van der Waals surface area (Å²) in [6.45, 7) is 2.35. The number of fused-ring (bicyclic) bond motifs is 1. The lowest BCUT2D eigenvalue weighted by atomic mass is 10.2. The molecule has 0 saturated heterocycles. The summed E-state index contributed by atoms with van der Waals surface area (Å²) in [4.78, 5) is 4.55. The predicted molar refractivity (Wildman–Crippen MR) is 86.7 cm³/mol. The first-order valence-corrected chi connectivity index (χ1v) is 7.04. The van der Waals surface area contributed by atoms with Crippen molar-refractivity contribution in [2.45, 2.75) is 13.5 Å². The highest BCUT2D eigenvalue weighted by atomic mass is 35.5. The molecule has 3 nitrogen and oxygen atoms in total. The van der Waals surface area contributed by atoms with Crippen LogP contribution in [0.5, 0.6) is 5.75 Å². The monoisotopic (exact) mass is 298 g/mol. The van der Waals surface area contributed by atoms with Crippen LogP contribution in [0.3, 0.4) is 0 Å². The molecular formula is C17H15ClN2O. The normalized spacial score (nSPS) is 10.8. The fraction of sp³-hybridized carbons (Fsp3) is 0.118. The fourth-order valence-corrected chi connectivity index (χ4v) is 2.41. The molecule has 0 radical (unpaired) electrons. The molecule has 0 aliphatic heterocycles. The predicted octanol–water partition coefficient (Wildman–Crippen LogP) is 4.36. The number of hydrogen-bond acceptors (Lipinski definition) is 3. The lowest BCUT2D eigenvalue weighted by Gasteiger charge is -2.10. The second kappa shape index (κ2) is 5.62. The van der Waals surface area contributed by atoms with Gasteiger partial charge in [0.2, 0.25) is 0 Å². The summed E-state index contributed by atoms with van der Waals surface area (Å²) in [5.41, 5.74) is 9.06. The first-order chi connectivity index (χ1) is 10.1. The second-order valence-corrected chi connectivity index (χ2v) is 5.33. The Balaban J connectivity index is 1.90. The van der Waals surface area contributed by atoms with Crippen molar-refractivity contribution in [2.24, 2.45) is 0 Å². The molecule has 1 heterocycles. The van der Waals surface area contributed by atoms with Gasteiger partial charge in [0.1, 0.15) is 17.9 Å². The van der Waals surface area contributed by atoms with Crippen molar-refractivity contribution in [3.8, 4) is 5.75 Å². The first-order valence-electron chi connectivity index (χ1n) is 6.66. The van der Waals surface area contributed by atoms with E-state index >= 15 is 0 Å². The van der Waals surface area contributed by atoms with Crippen LogP contribution in [0.15, 0.2) is 48.5 Å². The third kappa shape index (κ3) is 2.93. The van der Waals surface area contributed by atoms with E-state index in [1.165, 1.54) is 0 Å². The number of nitrogen functional groups attached to an aromatic ring is 1. The molecule has 0 fully saturated rings. The zero-order valence-corrected chi connectivity index (χ0v) is 12.4. The third-order valence-electron chi connectivity index (χ3n) is 3.28. The van der Waals surface area contributed by atoms with E-state index in [-0.39, 0.29) is 0 Å². The molecule has 0 saturated carbocycles. The van der Waals surface area contributed by atoms with Gasteiger partial charge in [0.05, 0.1) is 0 Å². The van der Waals surface area contributed by atoms with Crippen LogP contribution in [-0.2, 0) is 6.61 Å². The van der Waals surface area contributed by atoms with E-state index in [0.29, 0.717) is 17.3 Å². The van der Waals surface area contributed by atoms with Crippen LogP contribution in [-0.4, -0.2) is 4.98 Å². The largest absolute Gasteiger partial charge is 0.487 e. The third-order valence-corrected chi connectivity index (χ3v) is 3.63. The van der Waals surface area contributed by atoms with E-state index in [0.717, 1.165) is 27.9 Å². The number of anilines is 1. The van der Waals surface area contributed by atoms with Gasteiger partial charge in [-0.2, -0.15) is 0 Å². The summed E-state index contributed by atoms with van der Waals surface area (Å²) in [5.74, 6) is 0.754. The molecule has 106 valence electrons. The minimum Gasteiger partial charge on any atom is -0.487 e. The number of para-hydroxylation sites is 1. The Hall–Kier alpha value is -2.26. The number of nitrogens with two attached hydrogens (primary N) is 1. The summed E-state index contributed by atoms with van der Waals surface area (Å²) in [5, 5.41) is 1.67. The molecule has 1 aromatic heterocycles. The number of halogens is 1. The van der Waals surface area contributed by atoms with E-state index in [2.05, 4.69) is 4.98 Å². The van der Waals surface area contributed by atoms with Gasteiger partial charge in [0, 0.05) is 27.4 Å². The van der Waals surface area contributed by atoms with Crippen molar-refractivity contribution in [1.29, 1.82) is 0 Å². The molecule has 0 amide bonds. The summed E-state index contributed by atoms with van der Waals surface area (Å²) < 4.78 is 5.89. The first kappa shape index (κ1) is 13.7. The van der Waals surface area contributed by atoms with Crippen LogP contribution in [0.2, 0.25) is 5.02 Å². The van der Waals surface area contributed by atoms with Crippen molar-refractivity contribution in [1.82, 2.24) is 4.98 Å². The molecule has 3 aromatic rings. The molecule has 0 atom stereocenters. The van der Waals surface area contributed by atoms with E-state index in [4.69, 9.17) is 22.1 Å². The molecule has 2 N–H and O–H groups in total. The van der Waals surface area contributed by atoms with Crippen molar-refractivity contribution in [2.75, 3.05) is 5.73 Å². The highest BCUT2D eigenvalue weighted by molar-refractivity contribution is 6.31. The van der Waals surface area contributed by atoms with Crippen LogP contribution in [0.25, 0.3) is 10.9 Å². The molecule has 0 spiro atoms. The van der Waals surface area contributed by atoms with Crippen molar-refractivity contribution >= 4 is 28.2 Å². The number of ether oxygens (including phenoxy) is 1. The lowest BCUT2D eigenvalue weighted by molar-refractivity contribution is 0.309. The van der Waals surface area contributed by atoms with Crippen LogP contribution in [0, 0.1) is 6.92 Å². The highest BCUT2D eigenvalue weighted by Crippen LogP contribution is 2.26. The molecule has 21 heavy (non-hydrogen) atoms. The van der Waals surface area contributed by atoms with Gasteiger partial charge in [-0.05, 0) is 31.2 Å². The minimum absolute atomic E-state index is 0.383. The molecule has 0 bridgehead atoms. The van der Waals surface area contributed by atoms with Gasteiger partial charge in [0.15, 0.2) is 0 Å². The van der Waals surface area contributed by atoms with Gasteiger partial charge in [-0.3, -0.25) is 0 Å². The average Bonchev–Trinajstić information content (AvgIpc) is 2.46. The molecule has 0 unspecified atom stereocenters. The molecule has 0 aliphatic carbocycles. The van der Waals surface area contributed by atoms with E-state index in [1.807, 2.05) is 49.4 Å². The SMILES string of the molecule is Cc1ccc2cccc(OCc3ccc(N)cc3Cl)c2n1. The van der Waals surface area contributed by atoms with E-state index < -0.39 is 0 Å². The number of pyridine rings is 1. The van der Waals surface area contributed by atoms with Gasteiger partial charge in [-0.25, -0.2) is 4.98 Å². The van der Waals surface area contributed by atoms with Gasteiger partial charge >= 0.3 is 0 Å². The number of nitrogens with zero attached hydrogens (tertiary/aromatic N) is 1. The Morgan fingerprint density at radius 1 is 1.14 bits per heavy atom.